The highest BCUT2D eigenvalue weighted by Crippen LogP contribution is 2.25. The minimum absolute atomic E-state index is 0.152. The second-order valence-corrected chi connectivity index (χ2v) is 5.43. The summed E-state index contributed by atoms with van der Waals surface area (Å²) in [6.07, 6.45) is 0. The van der Waals surface area contributed by atoms with Crippen molar-refractivity contribution >= 4 is 44.8 Å². The van der Waals surface area contributed by atoms with Crippen molar-refractivity contribution in [3.05, 3.63) is 44.3 Å². The zero-order valence-electron chi connectivity index (χ0n) is 9.81. The predicted molar refractivity (Wildman–Crippen MR) is 75.9 cm³/mol. The monoisotopic (exact) mass is 340 g/mol. The number of aryl methyl sites for hydroxylation is 1. The average molecular weight is 341 g/mol. The molecule has 98 valence electrons. The van der Waals surface area contributed by atoms with Crippen LogP contribution in [-0.4, -0.2) is 22.0 Å². The normalized spacial score (nSPS) is 10.2. The van der Waals surface area contributed by atoms with Crippen LogP contribution in [0.4, 0.5) is 5.69 Å². The maximum absolute atomic E-state index is 12.0. The van der Waals surface area contributed by atoms with Crippen molar-refractivity contribution in [2.24, 2.45) is 0 Å². The molecule has 0 saturated carbocycles. The lowest BCUT2D eigenvalue weighted by molar-refractivity contribution is 0.0696. The number of halogens is 1. The fourth-order valence-electron chi connectivity index (χ4n) is 1.45. The summed E-state index contributed by atoms with van der Waals surface area (Å²) in [6.45, 7) is 1.76. The number of carbonyl (C=O) groups excluding carboxylic acids is 1. The van der Waals surface area contributed by atoms with Crippen LogP contribution in [0.2, 0.25) is 0 Å². The lowest BCUT2D eigenvalue weighted by atomic mass is 10.2. The largest absolute Gasteiger partial charge is 0.478 e. The number of hydrogen-bond acceptors (Lipinski definition) is 4. The molecule has 1 aromatic carbocycles. The molecule has 7 heteroatoms. The number of thiazole rings is 1. The average Bonchev–Trinajstić information content (AvgIpc) is 2.77. The van der Waals surface area contributed by atoms with Crippen LogP contribution in [0.3, 0.4) is 0 Å². The predicted octanol–water partition coefficient (Wildman–Crippen LogP) is 3.16. The van der Waals surface area contributed by atoms with Crippen molar-refractivity contribution in [1.82, 2.24) is 4.98 Å². The number of nitrogens with one attached hydrogen (secondary N) is 1. The van der Waals surface area contributed by atoms with Crippen molar-refractivity contribution in [3.63, 3.8) is 0 Å². The van der Waals surface area contributed by atoms with Gasteiger partial charge in [0.15, 0.2) is 0 Å². The topological polar surface area (TPSA) is 79.3 Å². The molecule has 0 fully saturated rings. The fraction of sp³-hybridized carbons (Fsp3) is 0.0833. The highest BCUT2D eigenvalue weighted by atomic mass is 79.9. The van der Waals surface area contributed by atoms with E-state index in [0.717, 1.165) is 0 Å². The van der Waals surface area contributed by atoms with E-state index in [1.165, 1.54) is 23.5 Å². The number of carboxylic acids is 1. The molecule has 0 aliphatic carbocycles. The summed E-state index contributed by atoms with van der Waals surface area (Å²) >= 11 is 4.49. The van der Waals surface area contributed by atoms with Gasteiger partial charge in [0, 0.05) is 4.47 Å². The Morgan fingerprint density at radius 2 is 2.16 bits per heavy atom. The zero-order chi connectivity index (χ0) is 14.0. The summed E-state index contributed by atoms with van der Waals surface area (Å²) in [5, 5.41) is 11.6. The fourth-order valence-corrected chi connectivity index (χ4v) is 2.62. The molecule has 19 heavy (non-hydrogen) atoms. The Morgan fingerprint density at radius 3 is 2.68 bits per heavy atom. The van der Waals surface area contributed by atoms with Crippen LogP contribution in [0, 0.1) is 6.92 Å². The third-order valence-corrected chi connectivity index (χ3v) is 4.00. The quantitative estimate of drug-likeness (QED) is 0.899. The highest BCUT2D eigenvalue weighted by molar-refractivity contribution is 9.10. The Labute approximate surface area is 121 Å². The molecule has 2 aromatic rings. The third kappa shape index (κ3) is 2.99. The van der Waals surface area contributed by atoms with Gasteiger partial charge in [-0.25, -0.2) is 9.78 Å². The number of aromatic carboxylic acids is 1. The Hall–Kier alpha value is -1.73. The number of amides is 1. The lowest BCUT2D eigenvalue weighted by Crippen LogP contribution is -2.12. The molecule has 1 amide bonds. The van der Waals surface area contributed by atoms with Crippen LogP contribution >= 0.6 is 27.3 Å². The first-order chi connectivity index (χ1) is 8.99. The Balaban J connectivity index is 2.23. The van der Waals surface area contributed by atoms with Gasteiger partial charge >= 0.3 is 5.97 Å². The number of aromatic nitrogens is 1. The van der Waals surface area contributed by atoms with E-state index < -0.39 is 5.97 Å². The van der Waals surface area contributed by atoms with E-state index in [2.05, 4.69) is 26.2 Å². The molecule has 1 aromatic heterocycles. The van der Waals surface area contributed by atoms with Gasteiger partial charge in [-0.05, 0) is 41.1 Å². The van der Waals surface area contributed by atoms with Gasteiger partial charge in [0.05, 0.1) is 22.5 Å². The SMILES string of the molecule is Cc1ncsc1C(=O)Nc1ccc(C(=O)O)cc1Br. The molecule has 5 nitrogen and oxygen atoms in total. The zero-order valence-corrected chi connectivity index (χ0v) is 12.2. The van der Waals surface area contributed by atoms with Crippen LogP contribution in [0.5, 0.6) is 0 Å². The maximum atomic E-state index is 12.0. The molecule has 1 heterocycles. The van der Waals surface area contributed by atoms with Crippen LogP contribution < -0.4 is 5.32 Å². The van der Waals surface area contributed by atoms with Crippen molar-refractivity contribution in [2.45, 2.75) is 6.92 Å². The summed E-state index contributed by atoms with van der Waals surface area (Å²) < 4.78 is 0.517. The van der Waals surface area contributed by atoms with E-state index >= 15 is 0 Å². The Bertz CT molecular complexity index is 654. The summed E-state index contributed by atoms with van der Waals surface area (Å²) in [6, 6.07) is 4.42. The first-order valence-electron chi connectivity index (χ1n) is 5.23. The number of anilines is 1. The van der Waals surface area contributed by atoms with Crippen molar-refractivity contribution < 1.29 is 14.7 Å². The minimum Gasteiger partial charge on any atom is -0.478 e. The highest BCUT2D eigenvalue weighted by Gasteiger charge is 2.14. The van der Waals surface area contributed by atoms with Gasteiger partial charge in [-0.1, -0.05) is 0 Å². The van der Waals surface area contributed by atoms with Crippen LogP contribution in [0.25, 0.3) is 0 Å². The molecular formula is C12H9BrN2O3S. The standard InChI is InChI=1S/C12H9BrN2O3S/c1-6-10(19-5-14-6)11(16)15-9-3-2-7(12(17)18)4-8(9)13/h2-5H,1H3,(H,15,16)(H,17,18). The van der Waals surface area contributed by atoms with Gasteiger partial charge < -0.3 is 10.4 Å². The number of nitrogens with zero attached hydrogens (tertiary/aromatic N) is 1. The van der Waals surface area contributed by atoms with E-state index in [1.54, 1.807) is 18.5 Å². The molecule has 0 saturated heterocycles. The maximum Gasteiger partial charge on any atom is 0.335 e. The molecule has 0 atom stereocenters. The lowest BCUT2D eigenvalue weighted by Gasteiger charge is -2.07. The number of carboxylic acid groups (broad SMARTS) is 1. The van der Waals surface area contributed by atoms with Gasteiger partial charge in [0.1, 0.15) is 4.88 Å². The minimum atomic E-state index is -1.02. The summed E-state index contributed by atoms with van der Waals surface area (Å²) in [4.78, 5) is 27.3. The Morgan fingerprint density at radius 1 is 1.42 bits per heavy atom. The number of rotatable bonds is 3. The van der Waals surface area contributed by atoms with Crippen molar-refractivity contribution in [3.8, 4) is 0 Å². The van der Waals surface area contributed by atoms with Gasteiger partial charge in [-0.3, -0.25) is 4.79 Å². The van der Waals surface area contributed by atoms with Gasteiger partial charge in [-0.2, -0.15) is 0 Å². The van der Waals surface area contributed by atoms with E-state index in [-0.39, 0.29) is 11.5 Å². The smallest absolute Gasteiger partial charge is 0.335 e. The number of hydrogen-bond donors (Lipinski definition) is 2. The summed E-state index contributed by atoms with van der Waals surface area (Å²) in [5.74, 6) is -1.28. The first kappa shape index (κ1) is 13.7. The van der Waals surface area contributed by atoms with E-state index in [9.17, 15) is 9.59 Å². The van der Waals surface area contributed by atoms with Crippen molar-refractivity contribution in [1.29, 1.82) is 0 Å². The molecule has 0 unspecified atom stereocenters. The Kier molecular flexibility index (Phi) is 3.96. The molecule has 0 aliphatic heterocycles. The molecule has 2 rings (SSSR count). The summed E-state index contributed by atoms with van der Waals surface area (Å²) in [7, 11) is 0. The molecule has 0 radical (unpaired) electrons. The van der Waals surface area contributed by atoms with E-state index in [4.69, 9.17) is 5.11 Å². The van der Waals surface area contributed by atoms with Gasteiger partial charge in [-0.15, -0.1) is 11.3 Å². The first-order valence-corrected chi connectivity index (χ1v) is 6.90. The summed E-state index contributed by atoms with van der Waals surface area (Å²) in [5.41, 5.74) is 2.94. The molecule has 0 spiro atoms. The van der Waals surface area contributed by atoms with Crippen molar-refractivity contribution in [2.75, 3.05) is 5.32 Å². The van der Waals surface area contributed by atoms with Crippen LogP contribution in [0.15, 0.2) is 28.2 Å². The molecular weight excluding hydrogens is 332 g/mol. The van der Waals surface area contributed by atoms with Crippen LogP contribution in [-0.2, 0) is 0 Å². The molecule has 2 N–H and O–H groups in total. The van der Waals surface area contributed by atoms with E-state index in [1.807, 2.05) is 0 Å². The number of carbonyl (C=O) groups is 2. The van der Waals surface area contributed by atoms with E-state index in [0.29, 0.717) is 20.7 Å². The van der Waals surface area contributed by atoms with Crippen LogP contribution in [0.1, 0.15) is 25.7 Å². The van der Waals surface area contributed by atoms with Gasteiger partial charge in [0.25, 0.3) is 5.91 Å². The second kappa shape index (κ2) is 5.50. The third-order valence-electron chi connectivity index (χ3n) is 2.42. The van der Waals surface area contributed by atoms with Gasteiger partial charge in [0.2, 0.25) is 0 Å². The number of benzene rings is 1. The molecule has 0 bridgehead atoms. The molecule has 0 aliphatic rings. The second-order valence-electron chi connectivity index (χ2n) is 3.72.